The molecule has 5 fully saturated rings. The van der Waals surface area contributed by atoms with Crippen molar-refractivity contribution >= 4 is 93.6 Å². The summed E-state index contributed by atoms with van der Waals surface area (Å²) in [4.78, 5) is 56.7. The second kappa shape index (κ2) is 37.7. The molecular weight excluding hydrogens is 1930 g/mol. The lowest BCUT2D eigenvalue weighted by Gasteiger charge is -2.48. The minimum Gasteiger partial charge on any atom is -0.389 e. The Bertz CT molecular complexity index is 7270. The summed E-state index contributed by atoms with van der Waals surface area (Å²) in [6.45, 7) is 3.03. The fourth-order valence-corrected chi connectivity index (χ4v) is 28.7. The molecule has 4 aromatic carbocycles. The SMILES string of the molecule is C=S(=O)(c1ccc(F)cc1)N(C1CCCC1)[C@H]1CCC2=Cc3c(cnn3-c3ccc(F)cc3)C[C@]2(C(=O)c2cc(C(F)(F)F)ccn2)C1.C=S(=O)(c1ccn(C)n1)N(C1CCCC1)[C@H]1CCC2=Cc3c(cnn3-c3ccc(F)cc3)C[C@]2(C(=O)c2cc(C(F)(F)F)ccn2)C1.C=S(=O)(c1cnn(C)n1)N(CC(C)(C)O)[C@H]1CCC2=Cc3c(cnn3-c3ccc(F)cc3)C[C@]2(C(=O)c2ncc(C(F)(F)F)s2)C1. The van der Waals surface area contributed by atoms with E-state index >= 15 is 0 Å². The van der Waals surface area contributed by atoms with Crippen LogP contribution in [0.5, 0.6) is 0 Å². The third kappa shape index (κ3) is 19.4. The van der Waals surface area contributed by atoms with Gasteiger partial charge in [0.1, 0.15) is 39.5 Å². The highest BCUT2D eigenvalue weighted by Crippen LogP contribution is 2.57. The smallest absolute Gasteiger partial charge is 0.389 e. The van der Waals surface area contributed by atoms with E-state index in [4.69, 9.17) is 0 Å². The molecule has 141 heavy (non-hydrogen) atoms. The Hall–Kier alpha value is -12.0. The predicted molar refractivity (Wildman–Crippen MR) is 507 cm³/mol. The standard InChI is InChI=1S/C36H33F5N4O2S.C34H34F4N6O2S.C30H31F4N7O3S2/c1-48(47,31-14-9-27(38)10-15-31)45(29-4-2-3-5-29)30-11-6-24-19-33-23(22-43-44(33)28-12-7-26(37)8-13-28)20-35(24,21-30)34(46)32-18-25(16-17-42-32)36(39,40)41;1-42-16-14-31(41-42)47(2,46)44(27-5-3-4-6-27)28-10-7-23-18-30-22(21-40-43(30)26-11-8-25(35)9-12-26)19-33(23,20-28)32(45)29-17-24(13-15-39-29)34(36,37)38;1-28(2,43)17-40(46(4,44)25-16-36-39(3)38-25)22-8-5-19-11-23-18(14-37-41(23)21-9-6-20(31)7-10-21)12-29(19,13-22)26(42)27-35-15-24(45-27)30(32,33)34/h7-10,12-19,22,29-30H,1-6,11,20-21H2;8-9,11-18,21,27-28H,2-7,10,19-20H2,1H3;6-7,9-11,14-16,22,43H,4-5,8,12-13,17H2,1-3H3/t30-,35-,48?;28-,33-,47?;22-,29-,46?/m000/s1. The Labute approximate surface area is 808 Å². The molecule has 8 aliphatic rings. The van der Waals surface area contributed by atoms with Gasteiger partial charge in [0.05, 0.1) is 127 Å². The molecular formula is C100H98F13N17O7S4. The average Bonchev–Trinajstić information content (AvgIpc) is 1.64. The minimum absolute atomic E-state index is 0.0447. The van der Waals surface area contributed by atoms with Gasteiger partial charge in [-0.25, -0.2) is 62.1 Å². The number of allylic oxidation sites excluding steroid dienone is 3. The first-order valence-electron chi connectivity index (χ1n) is 45.9. The molecule has 20 rings (SSSR count). The summed E-state index contributed by atoms with van der Waals surface area (Å²) in [7, 11) is -6.26. The predicted octanol–water partition coefficient (Wildman–Crippen LogP) is 19.1. The van der Waals surface area contributed by atoms with Crippen LogP contribution in [0.4, 0.5) is 57.1 Å². The molecule has 8 aliphatic carbocycles. The first kappa shape index (κ1) is 99.2. The van der Waals surface area contributed by atoms with Gasteiger partial charge < -0.3 is 5.11 Å². The molecule has 0 aliphatic heterocycles. The van der Waals surface area contributed by atoms with Gasteiger partial charge in [0.2, 0.25) is 5.78 Å². The molecule has 0 spiro atoms. The number of rotatable bonds is 22. The summed E-state index contributed by atoms with van der Waals surface area (Å²) < 4.78 is 234. The zero-order valence-corrected chi connectivity index (χ0v) is 80.1. The zero-order valence-electron chi connectivity index (χ0n) is 76.9. The molecule has 24 nitrogen and oxygen atoms in total. The molecule has 740 valence electrons. The zero-order chi connectivity index (χ0) is 100. The van der Waals surface area contributed by atoms with E-state index in [1.165, 1.54) is 71.7 Å². The number of carbonyl (C=O) groups excluding carboxylic acids is 3. The molecule has 3 unspecified atom stereocenters. The summed E-state index contributed by atoms with van der Waals surface area (Å²) in [6.07, 6.45) is 12.7. The number of benzene rings is 4. The van der Waals surface area contributed by atoms with Gasteiger partial charge in [-0.1, -0.05) is 42.4 Å². The number of ketones is 3. The van der Waals surface area contributed by atoms with E-state index in [2.05, 4.69) is 63.2 Å². The maximum Gasteiger partial charge on any atom is 0.427 e. The summed E-state index contributed by atoms with van der Waals surface area (Å²) in [5.41, 5.74) is 0.449. The Morgan fingerprint density at radius 3 is 1.21 bits per heavy atom. The second-order valence-electron chi connectivity index (χ2n) is 38.0. The van der Waals surface area contributed by atoms with Gasteiger partial charge in [-0.3, -0.25) is 29.0 Å². The van der Waals surface area contributed by atoms with E-state index in [1.807, 2.05) is 26.8 Å². The van der Waals surface area contributed by atoms with Crippen molar-refractivity contribution in [3.63, 3.8) is 0 Å². The number of carbonyl (C=O) groups is 3. The van der Waals surface area contributed by atoms with Crippen LogP contribution in [0.25, 0.3) is 35.3 Å². The van der Waals surface area contributed by atoms with Crippen molar-refractivity contribution in [3.8, 4) is 17.1 Å². The summed E-state index contributed by atoms with van der Waals surface area (Å²) in [5, 5.41) is 37.4. The summed E-state index contributed by atoms with van der Waals surface area (Å²) in [5.74, 6) is 9.11. The van der Waals surface area contributed by atoms with Crippen LogP contribution in [0.15, 0.2) is 209 Å². The number of aryl methyl sites for hydroxylation is 2. The third-order valence-electron chi connectivity index (χ3n) is 28.2. The number of aliphatic hydroxyl groups is 1. The van der Waals surface area contributed by atoms with Gasteiger partial charge in [0, 0.05) is 74.3 Å². The van der Waals surface area contributed by atoms with E-state index < -0.39 is 132 Å². The summed E-state index contributed by atoms with van der Waals surface area (Å²) >= 11 is 0.289. The summed E-state index contributed by atoms with van der Waals surface area (Å²) in [6, 6.07) is 26.4. The van der Waals surface area contributed by atoms with Gasteiger partial charge in [-0.2, -0.15) is 69.8 Å². The number of alkyl halides is 9. The first-order valence-corrected chi connectivity index (χ1v) is 51.7. The fraction of sp³-hybridized carbons (Fsp3) is 0.370. The van der Waals surface area contributed by atoms with E-state index in [0.29, 0.717) is 99.8 Å². The number of nitrogens with zero attached hydrogens (tertiary/aromatic N) is 17. The third-order valence-corrected chi connectivity index (χ3v) is 35.7. The number of fused-ring (bicyclic) bond motifs is 6. The molecule has 0 radical (unpaired) electrons. The van der Waals surface area contributed by atoms with Crippen molar-refractivity contribution in [2.45, 2.75) is 212 Å². The maximum atomic E-state index is 14.7. The lowest BCUT2D eigenvalue weighted by Crippen LogP contribution is -2.53. The normalized spacial score (nSPS) is 22.3. The molecule has 5 saturated carbocycles. The minimum atomic E-state index is -4.67. The van der Waals surface area contributed by atoms with Crippen molar-refractivity contribution < 1.29 is 89.2 Å². The molecule has 0 bridgehead atoms. The topological polar surface area (TPSA) is 273 Å². The Morgan fingerprint density at radius 1 is 0.454 bits per heavy atom. The number of Topliss-reactive ketones (excluding diaryl/α,β-unsaturated/α-hetero) is 3. The van der Waals surface area contributed by atoms with Crippen LogP contribution in [-0.2, 0) is 81.0 Å². The van der Waals surface area contributed by atoms with Crippen LogP contribution < -0.4 is 0 Å². The molecule has 41 heteroatoms. The molecule has 9 atom stereocenters. The highest BCUT2D eigenvalue weighted by atomic mass is 32.2. The molecule has 8 aromatic heterocycles. The first-order chi connectivity index (χ1) is 66.7. The number of hydrogen-bond donors (Lipinski definition) is 1. The fourth-order valence-electron chi connectivity index (χ4n) is 21.7. The number of hydrogen-bond acceptors (Lipinski definition) is 17. The Morgan fingerprint density at radius 2 is 0.844 bits per heavy atom. The lowest BCUT2D eigenvalue weighted by molar-refractivity contribution is -0.138. The van der Waals surface area contributed by atoms with Gasteiger partial charge >= 0.3 is 18.5 Å². The van der Waals surface area contributed by atoms with E-state index in [1.54, 1.807) is 118 Å². The van der Waals surface area contributed by atoms with Crippen LogP contribution in [0, 0.1) is 39.5 Å². The highest BCUT2D eigenvalue weighted by molar-refractivity contribution is 7.98. The lowest BCUT2D eigenvalue weighted by atomic mass is 9.60. The molecule has 1 N–H and O–H groups in total. The van der Waals surface area contributed by atoms with E-state index in [-0.39, 0.29) is 102 Å². The van der Waals surface area contributed by atoms with Gasteiger partial charge in [0.15, 0.2) is 26.6 Å². The second-order valence-corrected chi connectivity index (χ2v) is 45.5. The van der Waals surface area contributed by atoms with Crippen molar-refractivity contribution in [2.75, 3.05) is 6.54 Å². The largest absolute Gasteiger partial charge is 0.427 e. The van der Waals surface area contributed by atoms with Crippen molar-refractivity contribution in [1.82, 2.24) is 82.0 Å². The highest BCUT2D eigenvalue weighted by Gasteiger charge is 2.57. The van der Waals surface area contributed by atoms with Crippen LogP contribution in [0.1, 0.15) is 204 Å². The van der Waals surface area contributed by atoms with Gasteiger partial charge in [-0.15, -0.1) is 16.4 Å². The molecule has 0 saturated heterocycles. The van der Waals surface area contributed by atoms with Gasteiger partial charge in [0.25, 0.3) is 0 Å². The quantitative estimate of drug-likeness (QED) is 0.0375. The Balaban J connectivity index is 0.000000140. The average molecular weight is 2030 g/mol. The van der Waals surface area contributed by atoms with Crippen molar-refractivity contribution in [1.29, 1.82) is 0 Å². The van der Waals surface area contributed by atoms with Crippen LogP contribution >= 0.6 is 11.3 Å². The number of thiazole rings is 1. The molecule has 8 heterocycles. The van der Waals surface area contributed by atoms with Crippen LogP contribution in [-0.4, -0.2) is 177 Å². The van der Waals surface area contributed by atoms with Crippen molar-refractivity contribution in [3.05, 3.63) is 283 Å². The van der Waals surface area contributed by atoms with Gasteiger partial charge in [-0.05, 0) is 297 Å². The van der Waals surface area contributed by atoms with E-state index in [0.717, 1.165) is 110 Å². The van der Waals surface area contributed by atoms with Crippen LogP contribution in [0.3, 0.4) is 0 Å². The van der Waals surface area contributed by atoms with Crippen molar-refractivity contribution in [2.24, 2.45) is 30.3 Å². The van der Waals surface area contributed by atoms with Crippen LogP contribution in [0.2, 0.25) is 0 Å². The van der Waals surface area contributed by atoms with E-state index in [9.17, 15) is 89.2 Å². The monoisotopic (exact) mass is 2020 g/mol. The molecule has 12 aromatic rings. The number of aromatic nitrogens is 14. The maximum absolute atomic E-state index is 14.7. The molecule has 0 amide bonds. The number of pyridine rings is 2. The Kier molecular flexibility index (Phi) is 26.5. The number of halogens is 13.